The van der Waals surface area contributed by atoms with Crippen LogP contribution in [0.4, 0.5) is 0 Å². The Morgan fingerprint density at radius 3 is 2.56 bits per heavy atom. The summed E-state index contributed by atoms with van der Waals surface area (Å²) < 4.78 is 0. The van der Waals surface area contributed by atoms with Gasteiger partial charge in [-0.15, -0.1) is 0 Å². The normalized spacial score (nSPS) is 54.2. The third kappa shape index (κ3) is 0.529. The van der Waals surface area contributed by atoms with Crippen LogP contribution in [-0.2, 0) is 0 Å². The molecule has 0 radical (unpaired) electrons. The molecule has 2 fully saturated rings. The third-order valence-corrected chi connectivity index (χ3v) is 2.62. The van der Waals surface area contributed by atoms with Crippen molar-refractivity contribution in [1.29, 1.82) is 5.26 Å². The molecule has 1 unspecified atom stereocenters. The molecular formula is C7H9NO. The summed E-state index contributed by atoms with van der Waals surface area (Å²) in [5.74, 6) is 1.12. The molecule has 0 heterocycles. The minimum Gasteiger partial charge on any atom is -0.393 e. The minimum atomic E-state index is -0.153. The van der Waals surface area contributed by atoms with Crippen LogP contribution in [-0.4, -0.2) is 11.2 Å². The Balaban J connectivity index is 2.08. The van der Waals surface area contributed by atoms with Gasteiger partial charge in [-0.3, -0.25) is 0 Å². The number of nitriles is 1. The first kappa shape index (κ1) is 5.25. The molecule has 0 spiro atoms. The van der Waals surface area contributed by atoms with Crippen molar-refractivity contribution in [2.75, 3.05) is 0 Å². The highest BCUT2D eigenvalue weighted by Crippen LogP contribution is 2.56. The molecule has 0 aliphatic heterocycles. The van der Waals surface area contributed by atoms with Gasteiger partial charge in [0, 0.05) is 5.92 Å². The Morgan fingerprint density at radius 1 is 1.44 bits per heavy atom. The molecule has 0 saturated heterocycles. The fraction of sp³-hybridized carbons (Fsp3) is 0.857. The molecule has 0 aromatic heterocycles. The molecule has 2 nitrogen and oxygen atoms in total. The fourth-order valence-corrected chi connectivity index (χ4v) is 2.03. The van der Waals surface area contributed by atoms with Crippen molar-refractivity contribution >= 4 is 0 Å². The van der Waals surface area contributed by atoms with E-state index in [0.29, 0.717) is 11.8 Å². The lowest BCUT2D eigenvalue weighted by molar-refractivity contribution is 0.154. The number of aliphatic hydroxyl groups excluding tert-OH is 1. The zero-order valence-electron chi connectivity index (χ0n) is 5.12. The van der Waals surface area contributed by atoms with Gasteiger partial charge in [0.25, 0.3) is 0 Å². The second-order valence-electron chi connectivity index (χ2n) is 3.04. The van der Waals surface area contributed by atoms with E-state index in [1.54, 1.807) is 0 Å². The highest BCUT2D eigenvalue weighted by Gasteiger charge is 2.57. The first-order chi connectivity index (χ1) is 4.34. The van der Waals surface area contributed by atoms with Crippen LogP contribution >= 0.6 is 0 Å². The largest absolute Gasteiger partial charge is 0.393 e. The number of rotatable bonds is 0. The van der Waals surface area contributed by atoms with Gasteiger partial charge in [-0.05, 0) is 18.8 Å². The average Bonchev–Trinajstić information content (AvgIpc) is 2.46. The summed E-state index contributed by atoms with van der Waals surface area (Å²) in [5, 5.41) is 17.7. The monoisotopic (exact) mass is 123 g/mol. The molecule has 0 aromatic rings. The second kappa shape index (κ2) is 1.48. The predicted molar refractivity (Wildman–Crippen MR) is 31.3 cm³/mol. The van der Waals surface area contributed by atoms with Crippen LogP contribution in [0.3, 0.4) is 0 Å². The third-order valence-electron chi connectivity index (χ3n) is 2.62. The van der Waals surface area contributed by atoms with Gasteiger partial charge in [-0.1, -0.05) is 0 Å². The Bertz CT molecular complexity index is 172. The highest BCUT2D eigenvalue weighted by atomic mass is 16.3. The molecule has 48 valence electrons. The van der Waals surface area contributed by atoms with E-state index in [9.17, 15) is 5.11 Å². The van der Waals surface area contributed by atoms with E-state index in [-0.39, 0.29) is 12.0 Å². The average molecular weight is 123 g/mol. The maximum atomic E-state index is 9.19. The van der Waals surface area contributed by atoms with Gasteiger partial charge in [-0.2, -0.15) is 5.26 Å². The van der Waals surface area contributed by atoms with Gasteiger partial charge in [0.2, 0.25) is 0 Å². The van der Waals surface area contributed by atoms with Crippen molar-refractivity contribution in [3.63, 3.8) is 0 Å². The molecule has 9 heavy (non-hydrogen) atoms. The van der Waals surface area contributed by atoms with Gasteiger partial charge in [0.15, 0.2) is 0 Å². The van der Waals surface area contributed by atoms with Crippen molar-refractivity contribution in [3.8, 4) is 6.07 Å². The number of hydrogen-bond donors (Lipinski definition) is 1. The van der Waals surface area contributed by atoms with Crippen LogP contribution in [0.25, 0.3) is 0 Å². The van der Waals surface area contributed by atoms with E-state index in [1.807, 2.05) is 0 Å². The van der Waals surface area contributed by atoms with Crippen LogP contribution < -0.4 is 0 Å². The zero-order valence-corrected chi connectivity index (χ0v) is 5.12. The lowest BCUT2D eigenvalue weighted by Gasteiger charge is -2.00. The molecule has 2 saturated carbocycles. The molecular weight excluding hydrogens is 114 g/mol. The Hall–Kier alpha value is -0.550. The van der Waals surface area contributed by atoms with Gasteiger partial charge in [0.05, 0.1) is 18.1 Å². The van der Waals surface area contributed by atoms with Gasteiger partial charge in [-0.25, -0.2) is 0 Å². The molecule has 0 amide bonds. The summed E-state index contributed by atoms with van der Waals surface area (Å²) in [4.78, 5) is 0. The molecule has 0 aromatic carbocycles. The standard InChI is InChI=1S/C7H9NO/c8-3-5-4-1-2-6(9)7(4)5/h4-7,9H,1-2H2/t4-,5+,6?,7-/m0/s1. The maximum absolute atomic E-state index is 9.19. The van der Waals surface area contributed by atoms with Crippen molar-refractivity contribution in [3.05, 3.63) is 0 Å². The Labute approximate surface area is 54.1 Å². The number of fused-ring (bicyclic) bond motifs is 1. The SMILES string of the molecule is N#C[C@@H]1[C@@H]2CCC(O)[C@H]12. The van der Waals surface area contributed by atoms with E-state index >= 15 is 0 Å². The topological polar surface area (TPSA) is 44.0 Å². The lowest BCUT2D eigenvalue weighted by atomic mass is 10.1. The van der Waals surface area contributed by atoms with Crippen LogP contribution in [0.15, 0.2) is 0 Å². The summed E-state index contributed by atoms with van der Waals surface area (Å²) in [7, 11) is 0. The van der Waals surface area contributed by atoms with Crippen LogP contribution in [0.5, 0.6) is 0 Å². The van der Waals surface area contributed by atoms with Crippen LogP contribution in [0, 0.1) is 29.1 Å². The highest BCUT2D eigenvalue weighted by molar-refractivity contribution is 5.14. The molecule has 2 heteroatoms. The zero-order chi connectivity index (χ0) is 6.43. The summed E-state index contributed by atoms with van der Waals surface area (Å²) in [6.45, 7) is 0. The van der Waals surface area contributed by atoms with E-state index in [2.05, 4.69) is 6.07 Å². The lowest BCUT2D eigenvalue weighted by Crippen LogP contribution is -2.06. The van der Waals surface area contributed by atoms with E-state index in [1.165, 1.54) is 0 Å². The van der Waals surface area contributed by atoms with Gasteiger partial charge in [0.1, 0.15) is 0 Å². The summed E-state index contributed by atoms with van der Waals surface area (Å²) in [5.41, 5.74) is 0. The van der Waals surface area contributed by atoms with E-state index in [0.717, 1.165) is 12.8 Å². The first-order valence-electron chi connectivity index (χ1n) is 3.42. The summed E-state index contributed by atoms with van der Waals surface area (Å²) >= 11 is 0. The number of aliphatic hydroxyl groups is 1. The van der Waals surface area contributed by atoms with E-state index < -0.39 is 0 Å². The first-order valence-corrected chi connectivity index (χ1v) is 3.42. The molecule has 2 aliphatic carbocycles. The molecule has 1 N–H and O–H groups in total. The van der Waals surface area contributed by atoms with Crippen molar-refractivity contribution in [2.45, 2.75) is 18.9 Å². The van der Waals surface area contributed by atoms with Gasteiger partial charge >= 0.3 is 0 Å². The van der Waals surface area contributed by atoms with E-state index in [4.69, 9.17) is 5.26 Å². The molecule has 2 rings (SSSR count). The Morgan fingerprint density at radius 2 is 2.22 bits per heavy atom. The molecule has 4 atom stereocenters. The fourth-order valence-electron chi connectivity index (χ4n) is 2.03. The van der Waals surface area contributed by atoms with Gasteiger partial charge < -0.3 is 5.11 Å². The minimum absolute atomic E-state index is 0.153. The quantitative estimate of drug-likeness (QED) is 0.510. The Kier molecular flexibility index (Phi) is 0.866. The summed E-state index contributed by atoms with van der Waals surface area (Å²) in [6, 6.07) is 2.21. The second-order valence-corrected chi connectivity index (χ2v) is 3.04. The summed E-state index contributed by atoms with van der Waals surface area (Å²) in [6.07, 6.45) is 1.84. The maximum Gasteiger partial charge on any atom is 0.0662 e. The molecule has 2 aliphatic rings. The van der Waals surface area contributed by atoms with Crippen molar-refractivity contribution in [1.82, 2.24) is 0 Å². The molecule has 0 bridgehead atoms. The van der Waals surface area contributed by atoms with Crippen LogP contribution in [0.1, 0.15) is 12.8 Å². The smallest absolute Gasteiger partial charge is 0.0662 e. The predicted octanol–water partition coefficient (Wildman–Crippen LogP) is 0.527. The number of nitrogens with zero attached hydrogens (tertiary/aromatic N) is 1. The van der Waals surface area contributed by atoms with Crippen molar-refractivity contribution in [2.24, 2.45) is 17.8 Å². The number of hydrogen-bond acceptors (Lipinski definition) is 2. The van der Waals surface area contributed by atoms with Crippen LogP contribution in [0.2, 0.25) is 0 Å². The van der Waals surface area contributed by atoms with Crippen molar-refractivity contribution < 1.29 is 5.11 Å².